The van der Waals surface area contributed by atoms with E-state index in [1.165, 1.54) is 5.56 Å². The van der Waals surface area contributed by atoms with Gasteiger partial charge in [0.15, 0.2) is 0 Å². The monoisotopic (exact) mass is 281 g/mol. The van der Waals surface area contributed by atoms with E-state index >= 15 is 0 Å². The minimum absolute atomic E-state index is 0.0227. The van der Waals surface area contributed by atoms with Crippen molar-refractivity contribution >= 4 is 17.4 Å². The molecule has 0 fully saturated rings. The van der Waals surface area contributed by atoms with Gasteiger partial charge in [0.1, 0.15) is 5.82 Å². The lowest BCUT2D eigenvalue weighted by Crippen LogP contribution is -2.34. The van der Waals surface area contributed by atoms with Crippen molar-refractivity contribution in [2.24, 2.45) is 5.92 Å². The van der Waals surface area contributed by atoms with Gasteiger partial charge in [-0.25, -0.2) is 4.98 Å². The first-order valence-corrected chi connectivity index (χ1v) is 7.20. The number of rotatable bonds is 2. The van der Waals surface area contributed by atoms with E-state index in [2.05, 4.69) is 27.8 Å². The summed E-state index contributed by atoms with van der Waals surface area (Å²) < 4.78 is 0. The number of benzene rings is 1. The molecule has 4 heteroatoms. The van der Waals surface area contributed by atoms with Crippen LogP contribution in [0, 0.1) is 19.8 Å². The smallest absolute Gasteiger partial charge is 0.230 e. The number of aromatic nitrogens is 1. The molecule has 2 N–H and O–H groups in total. The second-order valence-corrected chi connectivity index (χ2v) is 5.60. The zero-order valence-electron chi connectivity index (χ0n) is 12.3. The second kappa shape index (κ2) is 5.56. The highest BCUT2D eigenvalue weighted by Gasteiger charge is 2.24. The van der Waals surface area contributed by atoms with Crippen LogP contribution >= 0.6 is 0 Å². The van der Waals surface area contributed by atoms with E-state index in [0.29, 0.717) is 12.4 Å². The average Bonchev–Trinajstić information content (AvgIpc) is 2.45. The van der Waals surface area contributed by atoms with Gasteiger partial charge in [0.25, 0.3) is 0 Å². The summed E-state index contributed by atoms with van der Waals surface area (Å²) in [5.41, 5.74) is 4.34. The summed E-state index contributed by atoms with van der Waals surface area (Å²) in [6.45, 7) is 4.59. The van der Waals surface area contributed by atoms with Gasteiger partial charge in [0.05, 0.1) is 5.92 Å². The quantitative estimate of drug-likeness (QED) is 0.890. The molecule has 0 bridgehead atoms. The molecule has 108 valence electrons. The molecular weight excluding hydrogens is 262 g/mol. The van der Waals surface area contributed by atoms with Crippen molar-refractivity contribution in [3.05, 3.63) is 53.2 Å². The number of amides is 1. The van der Waals surface area contributed by atoms with Crippen LogP contribution in [0.1, 0.15) is 16.8 Å². The van der Waals surface area contributed by atoms with Crippen molar-refractivity contribution < 1.29 is 4.79 Å². The topological polar surface area (TPSA) is 54.0 Å². The van der Waals surface area contributed by atoms with Gasteiger partial charge in [0.2, 0.25) is 5.91 Å². The van der Waals surface area contributed by atoms with E-state index in [-0.39, 0.29) is 11.8 Å². The van der Waals surface area contributed by atoms with Gasteiger partial charge in [-0.2, -0.15) is 0 Å². The number of carbonyl (C=O) groups is 1. The van der Waals surface area contributed by atoms with Gasteiger partial charge >= 0.3 is 0 Å². The van der Waals surface area contributed by atoms with E-state index in [4.69, 9.17) is 0 Å². The fourth-order valence-corrected chi connectivity index (χ4v) is 2.76. The zero-order chi connectivity index (χ0) is 14.8. The number of carbonyl (C=O) groups excluding carboxylic acids is 1. The zero-order valence-corrected chi connectivity index (χ0v) is 12.3. The lowest BCUT2D eigenvalue weighted by atomic mass is 9.93. The number of hydrogen-bond acceptors (Lipinski definition) is 3. The van der Waals surface area contributed by atoms with Crippen LogP contribution in [0.3, 0.4) is 0 Å². The maximum Gasteiger partial charge on any atom is 0.230 e. The second-order valence-electron chi connectivity index (χ2n) is 5.60. The fraction of sp³-hybridized carbons (Fsp3) is 0.294. The molecule has 0 aliphatic carbocycles. The van der Waals surface area contributed by atoms with Crippen LogP contribution in [0.5, 0.6) is 0 Å². The van der Waals surface area contributed by atoms with Crippen LogP contribution < -0.4 is 10.6 Å². The van der Waals surface area contributed by atoms with E-state index in [9.17, 15) is 4.79 Å². The van der Waals surface area contributed by atoms with Gasteiger partial charge in [-0.3, -0.25) is 4.79 Å². The summed E-state index contributed by atoms with van der Waals surface area (Å²) in [6.07, 6.45) is 0.764. The first kappa shape index (κ1) is 13.6. The number of nitrogens with one attached hydrogen (secondary N) is 2. The first-order valence-electron chi connectivity index (χ1n) is 7.20. The Morgan fingerprint density at radius 2 is 2.10 bits per heavy atom. The molecule has 4 nitrogen and oxygen atoms in total. The molecule has 1 amide bonds. The highest BCUT2D eigenvalue weighted by Crippen LogP contribution is 2.25. The number of hydrogen-bond donors (Lipinski definition) is 2. The third kappa shape index (κ3) is 3.05. The van der Waals surface area contributed by atoms with Gasteiger partial charge < -0.3 is 10.6 Å². The Morgan fingerprint density at radius 1 is 1.29 bits per heavy atom. The lowest BCUT2D eigenvalue weighted by Gasteiger charge is -2.25. The van der Waals surface area contributed by atoms with Crippen LogP contribution in [0.4, 0.5) is 11.5 Å². The summed E-state index contributed by atoms with van der Waals surface area (Å²) in [4.78, 5) is 16.8. The van der Waals surface area contributed by atoms with E-state index in [1.807, 2.05) is 38.1 Å². The maximum absolute atomic E-state index is 12.4. The van der Waals surface area contributed by atoms with Gasteiger partial charge in [-0.15, -0.1) is 0 Å². The predicted octanol–water partition coefficient (Wildman–Crippen LogP) is 2.92. The number of para-hydroxylation sites is 1. The lowest BCUT2D eigenvalue weighted by molar-refractivity contribution is -0.119. The highest BCUT2D eigenvalue weighted by atomic mass is 16.2. The Hall–Kier alpha value is -2.36. The molecule has 0 saturated heterocycles. The first-order chi connectivity index (χ1) is 10.1. The molecule has 2 aromatic rings. The van der Waals surface area contributed by atoms with Crippen LogP contribution in [0.15, 0.2) is 36.4 Å². The molecule has 1 aliphatic rings. The minimum atomic E-state index is -0.0671. The summed E-state index contributed by atoms with van der Waals surface area (Å²) >= 11 is 0. The molecule has 0 radical (unpaired) electrons. The summed E-state index contributed by atoms with van der Waals surface area (Å²) in [7, 11) is 0. The normalized spacial score (nSPS) is 16.8. The standard InChI is InChI=1S/C17H19N3O/c1-11-7-12(2)19-16(8-11)20-17(21)14-9-13-5-3-4-6-15(13)18-10-14/h3-8,14,18H,9-10H2,1-2H3,(H,19,20,21). The molecule has 2 heterocycles. The Labute approximate surface area is 124 Å². The van der Waals surface area contributed by atoms with Crippen LogP contribution in [-0.4, -0.2) is 17.4 Å². The van der Waals surface area contributed by atoms with Crippen LogP contribution in [0.2, 0.25) is 0 Å². The van der Waals surface area contributed by atoms with Gasteiger partial charge in [0, 0.05) is 17.9 Å². The molecular formula is C17H19N3O. The van der Waals surface area contributed by atoms with Crippen LogP contribution in [-0.2, 0) is 11.2 Å². The Bertz CT molecular complexity index is 661. The van der Waals surface area contributed by atoms with Crippen molar-refractivity contribution in [3.8, 4) is 0 Å². The highest BCUT2D eigenvalue weighted by molar-refractivity contribution is 5.92. The number of fused-ring (bicyclic) bond motifs is 1. The van der Waals surface area contributed by atoms with Gasteiger partial charge in [-0.05, 0) is 49.6 Å². The largest absolute Gasteiger partial charge is 0.384 e. The van der Waals surface area contributed by atoms with E-state index in [1.54, 1.807) is 0 Å². The summed E-state index contributed by atoms with van der Waals surface area (Å²) in [6, 6.07) is 12.0. The molecule has 1 aliphatic heterocycles. The van der Waals surface area contributed by atoms with Crippen molar-refractivity contribution in [1.29, 1.82) is 0 Å². The predicted molar refractivity (Wildman–Crippen MR) is 84.5 cm³/mol. The molecule has 0 spiro atoms. The molecule has 3 rings (SSSR count). The molecule has 1 aromatic carbocycles. The third-order valence-electron chi connectivity index (χ3n) is 3.74. The van der Waals surface area contributed by atoms with Crippen molar-refractivity contribution in [2.45, 2.75) is 20.3 Å². The maximum atomic E-state index is 12.4. The fourth-order valence-electron chi connectivity index (χ4n) is 2.76. The SMILES string of the molecule is Cc1cc(C)nc(NC(=O)C2CNc3ccccc3C2)c1. The third-order valence-corrected chi connectivity index (χ3v) is 3.74. The Balaban J connectivity index is 1.72. The summed E-state index contributed by atoms with van der Waals surface area (Å²) in [5.74, 6) is 0.591. The molecule has 1 atom stereocenters. The number of aryl methyl sites for hydroxylation is 2. The number of nitrogens with zero attached hydrogens (tertiary/aromatic N) is 1. The van der Waals surface area contributed by atoms with Crippen molar-refractivity contribution in [2.75, 3.05) is 17.2 Å². The molecule has 1 aromatic heterocycles. The van der Waals surface area contributed by atoms with Crippen LogP contribution in [0.25, 0.3) is 0 Å². The molecule has 0 saturated carbocycles. The Kier molecular flexibility index (Phi) is 3.60. The minimum Gasteiger partial charge on any atom is -0.384 e. The Morgan fingerprint density at radius 3 is 2.90 bits per heavy atom. The average molecular weight is 281 g/mol. The molecule has 1 unspecified atom stereocenters. The molecule has 21 heavy (non-hydrogen) atoms. The van der Waals surface area contributed by atoms with E-state index < -0.39 is 0 Å². The summed E-state index contributed by atoms with van der Waals surface area (Å²) in [5, 5.41) is 6.25. The van der Waals surface area contributed by atoms with E-state index in [0.717, 1.165) is 23.4 Å². The number of pyridine rings is 1. The van der Waals surface area contributed by atoms with Crippen molar-refractivity contribution in [1.82, 2.24) is 4.98 Å². The number of anilines is 2. The van der Waals surface area contributed by atoms with Gasteiger partial charge in [-0.1, -0.05) is 18.2 Å². The van der Waals surface area contributed by atoms with Crippen molar-refractivity contribution in [3.63, 3.8) is 0 Å².